The van der Waals surface area contributed by atoms with Crippen LogP contribution in [0.15, 0.2) is 24.3 Å². The topological polar surface area (TPSA) is 47.9 Å². The molecule has 0 spiro atoms. The highest BCUT2D eigenvalue weighted by Gasteiger charge is 2.42. The number of thioether (sulfide) groups is 1. The first kappa shape index (κ1) is 18.6. The summed E-state index contributed by atoms with van der Waals surface area (Å²) in [6.45, 7) is 9.47. The van der Waals surface area contributed by atoms with Crippen LogP contribution in [0.2, 0.25) is 0 Å². The fourth-order valence-electron chi connectivity index (χ4n) is 2.80. The molecule has 0 saturated carbocycles. The van der Waals surface area contributed by atoms with E-state index in [1.807, 2.05) is 38.1 Å². The zero-order valence-corrected chi connectivity index (χ0v) is 15.4. The zero-order valence-electron chi connectivity index (χ0n) is 14.6. The fraction of sp³-hybridized carbons (Fsp3) is 0.667. The van der Waals surface area contributed by atoms with Gasteiger partial charge in [-0.1, -0.05) is 26.0 Å². The molecule has 0 aliphatic carbocycles. The summed E-state index contributed by atoms with van der Waals surface area (Å²) in [5.74, 6) is 1.07. The SMILES string of the molecule is COc1ccc(COC[C@H](C)[C@H]2OC(O)C(C)(C)S[C@H]2C)cc1. The molecule has 0 amide bonds. The molecule has 1 heterocycles. The van der Waals surface area contributed by atoms with Crippen molar-refractivity contribution in [3.05, 3.63) is 29.8 Å². The molecule has 0 bridgehead atoms. The molecular formula is C18H28O4S. The van der Waals surface area contributed by atoms with Gasteiger partial charge in [0, 0.05) is 11.2 Å². The minimum absolute atomic E-state index is 0.00103. The highest BCUT2D eigenvalue weighted by molar-refractivity contribution is 8.01. The number of aliphatic hydroxyl groups excluding tert-OH is 1. The molecule has 5 heteroatoms. The summed E-state index contributed by atoms with van der Waals surface area (Å²) >= 11 is 1.78. The number of hydrogen-bond donors (Lipinski definition) is 1. The van der Waals surface area contributed by atoms with E-state index in [2.05, 4.69) is 13.8 Å². The smallest absolute Gasteiger partial charge is 0.169 e. The number of rotatable bonds is 6. The van der Waals surface area contributed by atoms with Crippen LogP contribution in [0.1, 0.15) is 33.3 Å². The Bertz CT molecular complexity index is 488. The van der Waals surface area contributed by atoms with Gasteiger partial charge in [-0.15, -0.1) is 11.8 Å². The Labute approximate surface area is 143 Å². The molecule has 1 aliphatic rings. The third-order valence-corrected chi connectivity index (χ3v) is 5.65. The summed E-state index contributed by atoms with van der Waals surface area (Å²) in [6.07, 6.45) is -0.739. The highest BCUT2D eigenvalue weighted by Crippen LogP contribution is 2.41. The van der Waals surface area contributed by atoms with E-state index in [1.165, 1.54) is 0 Å². The van der Waals surface area contributed by atoms with Gasteiger partial charge < -0.3 is 19.3 Å². The standard InChI is InChI=1S/C18H28O4S/c1-12(16-13(2)23-18(3,4)17(19)22-16)10-21-11-14-6-8-15(20-5)9-7-14/h6-9,12-13,16-17,19H,10-11H2,1-5H3/t12-,13-,16+,17?/m0/s1. The van der Waals surface area contributed by atoms with Gasteiger partial charge in [-0.05, 0) is 31.5 Å². The minimum atomic E-state index is -0.738. The maximum Gasteiger partial charge on any atom is 0.169 e. The number of hydrogen-bond acceptors (Lipinski definition) is 5. The first-order valence-corrected chi connectivity index (χ1v) is 8.93. The second-order valence-corrected chi connectivity index (χ2v) is 8.75. The van der Waals surface area contributed by atoms with Crippen molar-refractivity contribution in [2.45, 2.75) is 56.7 Å². The van der Waals surface area contributed by atoms with Crippen molar-refractivity contribution in [2.24, 2.45) is 5.92 Å². The summed E-state index contributed by atoms with van der Waals surface area (Å²) in [4.78, 5) is 0. The van der Waals surface area contributed by atoms with E-state index in [4.69, 9.17) is 14.2 Å². The molecule has 1 saturated heterocycles. The van der Waals surface area contributed by atoms with E-state index in [0.29, 0.717) is 18.5 Å². The lowest BCUT2D eigenvalue weighted by Gasteiger charge is -2.44. The lowest BCUT2D eigenvalue weighted by atomic mass is 10.0. The zero-order chi connectivity index (χ0) is 17.0. The van der Waals surface area contributed by atoms with Crippen LogP contribution in [0.25, 0.3) is 0 Å². The highest BCUT2D eigenvalue weighted by atomic mass is 32.2. The number of aliphatic hydroxyl groups is 1. The number of ether oxygens (including phenoxy) is 3. The van der Waals surface area contributed by atoms with E-state index < -0.39 is 6.29 Å². The fourth-order valence-corrected chi connectivity index (χ4v) is 4.40. The van der Waals surface area contributed by atoms with E-state index >= 15 is 0 Å². The predicted octanol–water partition coefficient (Wildman–Crippen LogP) is 3.47. The molecule has 1 aliphatic heterocycles. The lowest BCUT2D eigenvalue weighted by Crippen LogP contribution is -2.50. The normalized spacial score (nSPS) is 28.3. The van der Waals surface area contributed by atoms with E-state index in [1.54, 1.807) is 18.9 Å². The van der Waals surface area contributed by atoms with Crippen LogP contribution in [0, 0.1) is 5.92 Å². The molecule has 23 heavy (non-hydrogen) atoms. The van der Waals surface area contributed by atoms with Gasteiger partial charge in [-0.25, -0.2) is 0 Å². The average Bonchev–Trinajstić information content (AvgIpc) is 2.51. The minimum Gasteiger partial charge on any atom is -0.497 e. The third-order valence-electron chi connectivity index (χ3n) is 4.20. The van der Waals surface area contributed by atoms with Crippen LogP contribution in [0.4, 0.5) is 0 Å². The van der Waals surface area contributed by atoms with Crippen LogP contribution in [-0.4, -0.2) is 41.2 Å². The largest absolute Gasteiger partial charge is 0.497 e. The summed E-state index contributed by atoms with van der Waals surface area (Å²) in [7, 11) is 1.66. The predicted molar refractivity (Wildman–Crippen MR) is 93.8 cm³/mol. The Balaban J connectivity index is 1.81. The molecule has 0 aromatic heterocycles. The van der Waals surface area contributed by atoms with Crippen molar-refractivity contribution in [3.63, 3.8) is 0 Å². The van der Waals surface area contributed by atoms with Crippen LogP contribution in [0.5, 0.6) is 5.75 Å². The van der Waals surface area contributed by atoms with Gasteiger partial charge in [0.2, 0.25) is 0 Å². The summed E-state index contributed by atoms with van der Waals surface area (Å²) < 4.78 is 16.6. The van der Waals surface area contributed by atoms with Crippen LogP contribution < -0.4 is 4.74 Å². The second-order valence-electron chi connectivity index (χ2n) is 6.72. The van der Waals surface area contributed by atoms with Crippen molar-refractivity contribution < 1.29 is 19.3 Å². The van der Waals surface area contributed by atoms with Crippen molar-refractivity contribution in [2.75, 3.05) is 13.7 Å². The molecule has 1 N–H and O–H groups in total. The van der Waals surface area contributed by atoms with Crippen LogP contribution >= 0.6 is 11.8 Å². The van der Waals surface area contributed by atoms with Gasteiger partial charge in [-0.3, -0.25) is 0 Å². The van der Waals surface area contributed by atoms with E-state index in [0.717, 1.165) is 11.3 Å². The maximum absolute atomic E-state index is 10.1. The molecule has 1 unspecified atom stereocenters. The van der Waals surface area contributed by atoms with Crippen molar-refractivity contribution in [1.82, 2.24) is 0 Å². The molecule has 4 atom stereocenters. The molecule has 130 valence electrons. The van der Waals surface area contributed by atoms with Crippen molar-refractivity contribution >= 4 is 11.8 Å². The molecule has 1 aromatic rings. The molecule has 4 nitrogen and oxygen atoms in total. The Morgan fingerprint density at radius 3 is 2.57 bits per heavy atom. The van der Waals surface area contributed by atoms with Gasteiger partial charge in [-0.2, -0.15) is 0 Å². The van der Waals surface area contributed by atoms with Gasteiger partial charge in [0.25, 0.3) is 0 Å². The van der Waals surface area contributed by atoms with Crippen LogP contribution in [-0.2, 0) is 16.1 Å². The van der Waals surface area contributed by atoms with Gasteiger partial charge in [0.1, 0.15) is 5.75 Å². The molecule has 0 radical (unpaired) electrons. The first-order valence-electron chi connectivity index (χ1n) is 8.05. The number of benzene rings is 1. The van der Waals surface area contributed by atoms with E-state index in [-0.39, 0.29) is 16.8 Å². The molecular weight excluding hydrogens is 312 g/mol. The van der Waals surface area contributed by atoms with Gasteiger partial charge in [0.15, 0.2) is 6.29 Å². The number of methoxy groups -OCH3 is 1. The van der Waals surface area contributed by atoms with Crippen LogP contribution in [0.3, 0.4) is 0 Å². The Morgan fingerprint density at radius 2 is 1.96 bits per heavy atom. The maximum atomic E-state index is 10.1. The quantitative estimate of drug-likeness (QED) is 0.859. The monoisotopic (exact) mass is 340 g/mol. The van der Waals surface area contributed by atoms with Crippen molar-refractivity contribution in [3.8, 4) is 5.75 Å². The Morgan fingerprint density at radius 1 is 1.30 bits per heavy atom. The second kappa shape index (κ2) is 7.88. The van der Waals surface area contributed by atoms with Gasteiger partial charge in [0.05, 0.1) is 31.2 Å². The summed E-state index contributed by atoms with van der Waals surface area (Å²) in [6, 6.07) is 7.88. The van der Waals surface area contributed by atoms with E-state index in [9.17, 15) is 5.11 Å². The third kappa shape index (κ3) is 4.86. The first-order chi connectivity index (χ1) is 10.8. The van der Waals surface area contributed by atoms with Gasteiger partial charge >= 0.3 is 0 Å². The molecule has 2 rings (SSSR count). The Hall–Kier alpha value is -0.750. The lowest BCUT2D eigenvalue weighted by molar-refractivity contribution is -0.174. The average molecular weight is 340 g/mol. The van der Waals surface area contributed by atoms with Crippen molar-refractivity contribution in [1.29, 1.82) is 0 Å². The molecule has 1 aromatic carbocycles. The Kier molecular flexibility index (Phi) is 6.37. The summed E-state index contributed by atoms with van der Waals surface area (Å²) in [5, 5.41) is 10.5. The molecule has 1 fully saturated rings. The summed E-state index contributed by atoms with van der Waals surface area (Å²) in [5.41, 5.74) is 1.12.